The molecule has 4 heteroatoms. The summed E-state index contributed by atoms with van der Waals surface area (Å²) in [6.07, 6.45) is 4.85. The van der Waals surface area contributed by atoms with Crippen molar-refractivity contribution in [3.8, 4) is 0 Å². The molecule has 0 aliphatic rings. The topological polar surface area (TPSA) is 60.2 Å². The van der Waals surface area contributed by atoms with Crippen LogP contribution in [0.3, 0.4) is 0 Å². The third kappa shape index (κ3) is 3.98. The second-order valence-electron chi connectivity index (χ2n) is 4.01. The van der Waals surface area contributed by atoms with Crippen molar-refractivity contribution in [2.45, 2.75) is 13.8 Å². The highest BCUT2D eigenvalue weighted by atomic mass is 32.2. The van der Waals surface area contributed by atoms with Gasteiger partial charge in [0.2, 0.25) is 10.0 Å². The quantitative estimate of drug-likeness (QED) is 0.849. The van der Waals surface area contributed by atoms with Gasteiger partial charge in [0.1, 0.15) is 0 Å². The van der Waals surface area contributed by atoms with Gasteiger partial charge in [-0.1, -0.05) is 48.6 Å². The monoisotopic (exact) mass is 263 g/mol. The van der Waals surface area contributed by atoms with E-state index in [0.29, 0.717) is 0 Å². The first kappa shape index (κ1) is 14.4. The Labute approximate surface area is 108 Å². The fraction of sp³-hybridized carbons (Fsp3) is 0.143. The summed E-state index contributed by atoms with van der Waals surface area (Å²) < 4.78 is 22.1. The van der Waals surface area contributed by atoms with Crippen LogP contribution in [0.5, 0.6) is 0 Å². The molecule has 1 aromatic rings. The van der Waals surface area contributed by atoms with Gasteiger partial charge in [-0.3, -0.25) is 0 Å². The van der Waals surface area contributed by atoms with Gasteiger partial charge in [-0.05, 0) is 31.1 Å². The summed E-state index contributed by atoms with van der Waals surface area (Å²) >= 11 is 0. The Morgan fingerprint density at radius 3 is 2.22 bits per heavy atom. The van der Waals surface area contributed by atoms with Crippen molar-refractivity contribution in [3.63, 3.8) is 0 Å². The molecule has 0 heterocycles. The summed E-state index contributed by atoms with van der Waals surface area (Å²) in [6.45, 7) is 7.19. The molecule has 0 aromatic heterocycles. The van der Waals surface area contributed by atoms with Crippen LogP contribution in [0.2, 0.25) is 0 Å². The molecule has 0 saturated heterocycles. The molecule has 18 heavy (non-hydrogen) atoms. The number of rotatable bonds is 4. The molecule has 0 unspecified atom stereocenters. The molecule has 0 atom stereocenters. The predicted molar refractivity (Wildman–Crippen MR) is 76.2 cm³/mol. The third-order valence-corrected chi connectivity index (χ3v) is 3.58. The minimum absolute atomic E-state index is 0.119. The van der Waals surface area contributed by atoms with E-state index in [0.717, 1.165) is 11.1 Å². The maximum Gasteiger partial charge on any atom is 0.233 e. The lowest BCUT2D eigenvalue weighted by atomic mass is 10.0. The van der Waals surface area contributed by atoms with Crippen LogP contribution in [-0.4, -0.2) is 8.42 Å². The van der Waals surface area contributed by atoms with Crippen LogP contribution in [0.4, 0.5) is 0 Å². The molecule has 0 aliphatic carbocycles. The number of nitrogens with two attached hydrogens (primary N) is 1. The van der Waals surface area contributed by atoms with Crippen molar-refractivity contribution in [2.75, 3.05) is 0 Å². The van der Waals surface area contributed by atoms with Crippen molar-refractivity contribution < 1.29 is 8.42 Å². The summed E-state index contributed by atoms with van der Waals surface area (Å²) in [5.74, 6) is 0. The standard InChI is InChI=1S/C14H17NO2S/c1-4-13(10-7-12(3)18(15,16)17)14-8-5-11(2)6-9-14/h4-10H,1H2,2-3H3,(H2,15,16,17)/b12-7+,13-10+. The first-order valence-electron chi connectivity index (χ1n) is 5.45. The summed E-state index contributed by atoms with van der Waals surface area (Å²) in [5.41, 5.74) is 2.99. The Bertz CT molecular complexity index is 593. The number of sulfonamides is 1. The Morgan fingerprint density at radius 1 is 1.22 bits per heavy atom. The number of primary sulfonamides is 1. The SMILES string of the molecule is C=C/C(=C\C=C(/C)S(N)(=O)=O)c1ccc(C)cc1. The average Bonchev–Trinajstić information content (AvgIpc) is 2.30. The second kappa shape index (κ2) is 5.80. The molecule has 1 rings (SSSR count). The average molecular weight is 263 g/mol. The van der Waals surface area contributed by atoms with Gasteiger partial charge in [0.05, 0.1) is 4.91 Å². The summed E-state index contributed by atoms with van der Waals surface area (Å²) in [6, 6.07) is 7.90. The van der Waals surface area contributed by atoms with E-state index in [4.69, 9.17) is 5.14 Å². The van der Waals surface area contributed by atoms with E-state index in [9.17, 15) is 8.42 Å². The largest absolute Gasteiger partial charge is 0.233 e. The van der Waals surface area contributed by atoms with E-state index < -0.39 is 10.0 Å². The van der Waals surface area contributed by atoms with Gasteiger partial charge < -0.3 is 0 Å². The molecular weight excluding hydrogens is 246 g/mol. The zero-order chi connectivity index (χ0) is 13.8. The smallest absolute Gasteiger partial charge is 0.225 e. The lowest BCUT2D eigenvalue weighted by Gasteiger charge is -2.02. The minimum atomic E-state index is -3.61. The maximum absolute atomic E-state index is 11.1. The van der Waals surface area contributed by atoms with Gasteiger partial charge in [-0.15, -0.1) is 0 Å². The molecule has 0 spiro atoms. The van der Waals surface area contributed by atoms with E-state index in [2.05, 4.69) is 6.58 Å². The molecule has 0 fully saturated rings. The number of hydrogen-bond acceptors (Lipinski definition) is 2. The van der Waals surface area contributed by atoms with Gasteiger partial charge in [-0.2, -0.15) is 0 Å². The first-order chi connectivity index (χ1) is 8.34. The normalized spacial score (nSPS) is 13.5. The predicted octanol–water partition coefficient (Wildman–Crippen LogP) is 2.76. The highest BCUT2D eigenvalue weighted by Crippen LogP contribution is 2.17. The number of benzene rings is 1. The molecular formula is C14H17NO2S. The van der Waals surface area contributed by atoms with Crippen LogP contribution in [0.25, 0.3) is 5.57 Å². The Morgan fingerprint density at radius 2 is 1.78 bits per heavy atom. The Kier molecular flexibility index (Phi) is 4.64. The van der Waals surface area contributed by atoms with E-state index in [1.54, 1.807) is 12.2 Å². The molecule has 0 saturated carbocycles. The zero-order valence-electron chi connectivity index (χ0n) is 10.6. The number of hydrogen-bond donors (Lipinski definition) is 1. The van der Waals surface area contributed by atoms with Crippen molar-refractivity contribution in [2.24, 2.45) is 5.14 Å². The molecule has 0 aliphatic heterocycles. The molecule has 2 N–H and O–H groups in total. The zero-order valence-corrected chi connectivity index (χ0v) is 11.4. The van der Waals surface area contributed by atoms with Gasteiger partial charge in [-0.25, -0.2) is 13.6 Å². The molecule has 0 amide bonds. The molecule has 0 radical (unpaired) electrons. The van der Waals surface area contributed by atoms with E-state index in [-0.39, 0.29) is 4.91 Å². The van der Waals surface area contributed by atoms with Gasteiger partial charge in [0.15, 0.2) is 0 Å². The number of allylic oxidation sites excluding steroid dienone is 5. The lowest BCUT2D eigenvalue weighted by Crippen LogP contribution is -2.12. The molecule has 0 bridgehead atoms. The van der Waals surface area contributed by atoms with Crippen LogP contribution in [0.1, 0.15) is 18.1 Å². The molecule has 3 nitrogen and oxygen atoms in total. The Balaban J connectivity index is 3.12. The lowest BCUT2D eigenvalue weighted by molar-refractivity contribution is 0.603. The number of aryl methyl sites for hydroxylation is 1. The maximum atomic E-state index is 11.1. The Hall–Kier alpha value is -1.65. The minimum Gasteiger partial charge on any atom is -0.225 e. The van der Waals surface area contributed by atoms with Crippen molar-refractivity contribution in [1.82, 2.24) is 0 Å². The van der Waals surface area contributed by atoms with Crippen molar-refractivity contribution >= 4 is 15.6 Å². The van der Waals surface area contributed by atoms with Crippen molar-refractivity contribution in [3.05, 3.63) is 65.1 Å². The van der Waals surface area contributed by atoms with E-state index >= 15 is 0 Å². The van der Waals surface area contributed by atoms with Crippen LogP contribution in [-0.2, 0) is 10.0 Å². The fourth-order valence-electron chi connectivity index (χ4n) is 1.33. The summed E-state index contributed by atoms with van der Waals surface area (Å²) in [7, 11) is -3.61. The van der Waals surface area contributed by atoms with Gasteiger partial charge in [0, 0.05) is 0 Å². The van der Waals surface area contributed by atoms with Crippen molar-refractivity contribution in [1.29, 1.82) is 0 Å². The van der Waals surface area contributed by atoms with Crippen LogP contribution >= 0.6 is 0 Å². The van der Waals surface area contributed by atoms with Gasteiger partial charge >= 0.3 is 0 Å². The fourth-order valence-corrected chi connectivity index (χ4v) is 1.59. The van der Waals surface area contributed by atoms with E-state index in [1.165, 1.54) is 18.6 Å². The summed E-state index contributed by atoms with van der Waals surface area (Å²) in [5, 5.41) is 5.01. The van der Waals surface area contributed by atoms with E-state index in [1.807, 2.05) is 31.2 Å². The highest BCUT2D eigenvalue weighted by Gasteiger charge is 2.04. The highest BCUT2D eigenvalue weighted by molar-refractivity contribution is 7.93. The van der Waals surface area contributed by atoms with Crippen LogP contribution < -0.4 is 5.14 Å². The van der Waals surface area contributed by atoms with Gasteiger partial charge in [0.25, 0.3) is 0 Å². The van der Waals surface area contributed by atoms with Crippen LogP contribution in [0.15, 0.2) is 54.0 Å². The molecule has 1 aromatic carbocycles. The third-order valence-electron chi connectivity index (χ3n) is 2.55. The molecule has 96 valence electrons. The van der Waals surface area contributed by atoms with Crippen LogP contribution in [0, 0.1) is 6.92 Å². The second-order valence-corrected chi connectivity index (χ2v) is 5.75. The first-order valence-corrected chi connectivity index (χ1v) is 7.00. The summed E-state index contributed by atoms with van der Waals surface area (Å²) in [4.78, 5) is 0.119.